The van der Waals surface area contributed by atoms with E-state index in [0.29, 0.717) is 6.42 Å². The summed E-state index contributed by atoms with van der Waals surface area (Å²) in [6, 6.07) is 28.4. The van der Waals surface area contributed by atoms with E-state index in [1.54, 1.807) is 0 Å². The predicted octanol–water partition coefficient (Wildman–Crippen LogP) is 4.80. The van der Waals surface area contributed by atoms with Crippen LogP contribution < -0.4 is 25.7 Å². The molecule has 0 aliphatic carbocycles. The van der Waals surface area contributed by atoms with Gasteiger partial charge in [0.15, 0.2) is 0 Å². The minimum absolute atomic E-state index is 0.0696. The second-order valence-corrected chi connectivity index (χ2v) is 20.2. The van der Waals surface area contributed by atoms with Crippen LogP contribution in [0.4, 0.5) is 4.79 Å². The molecular formula is C32H39Cl3N4O6SSi. The number of hydrogen-bond donors (Lipinski definition) is 3. The first-order valence-corrected chi connectivity index (χ1v) is 19.4. The van der Waals surface area contributed by atoms with Crippen LogP contribution in [-0.4, -0.2) is 64.4 Å². The fraction of sp³-hybridized carbons (Fsp3) is 0.375. The molecule has 0 radical (unpaired) electrons. The summed E-state index contributed by atoms with van der Waals surface area (Å²) >= 11 is 17.0. The SMILES string of the molecule is CC(C)(C)[Si](OC[C@@H](NC(=O)OCc1ccccc1)[C@H]1CCN=C(NS(=O)(=O)OCC(Cl)(Cl)Cl)N1)(c1ccccc1)c1ccccc1. The molecule has 0 saturated heterocycles. The summed E-state index contributed by atoms with van der Waals surface area (Å²) in [5.41, 5.74) is 0.831. The number of carbonyl (C=O) groups excluding carboxylic acids is 1. The van der Waals surface area contributed by atoms with Crippen molar-refractivity contribution < 1.29 is 26.6 Å². The molecule has 0 spiro atoms. The van der Waals surface area contributed by atoms with Crippen molar-refractivity contribution in [2.24, 2.45) is 4.99 Å². The van der Waals surface area contributed by atoms with Crippen molar-refractivity contribution in [3.8, 4) is 0 Å². The first-order chi connectivity index (χ1) is 22.2. The van der Waals surface area contributed by atoms with Gasteiger partial charge in [0.05, 0.1) is 18.7 Å². The molecule has 1 amide bonds. The smallest absolute Gasteiger partial charge is 0.407 e. The number of nitrogens with zero attached hydrogens (tertiary/aromatic N) is 1. The van der Waals surface area contributed by atoms with Crippen LogP contribution in [0.1, 0.15) is 32.8 Å². The van der Waals surface area contributed by atoms with E-state index in [4.69, 9.17) is 48.1 Å². The number of hydrogen-bond acceptors (Lipinski definition) is 8. The van der Waals surface area contributed by atoms with E-state index < -0.39 is 47.2 Å². The summed E-state index contributed by atoms with van der Waals surface area (Å²) < 4.78 is 42.9. The predicted molar refractivity (Wildman–Crippen MR) is 189 cm³/mol. The summed E-state index contributed by atoms with van der Waals surface area (Å²) in [6.07, 6.45) is -0.198. The van der Waals surface area contributed by atoms with Gasteiger partial charge in [-0.2, -0.15) is 8.42 Å². The van der Waals surface area contributed by atoms with Crippen molar-refractivity contribution in [3.63, 3.8) is 0 Å². The first-order valence-electron chi connectivity index (χ1n) is 15.0. The minimum atomic E-state index is -4.39. The van der Waals surface area contributed by atoms with Gasteiger partial charge in [0.1, 0.15) is 13.2 Å². The summed E-state index contributed by atoms with van der Waals surface area (Å²) in [4.78, 5) is 17.5. The van der Waals surface area contributed by atoms with Gasteiger partial charge in [0, 0.05) is 6.54 Å². The monoisotopic (exact) mass is 740 g/mol. The van der Waals surface area contributed by atoms with E-state index in [9.17, 15) is 13.2 Å². The zero-order valence-corrected chi connectivity index (χ0v) is 30.4. The second-order valence-electron chi connectivity index (χ2n) is 12.0. The van der Waals surface area contributed by atoms with Crippen LogP contribution >= 0.6 is 34.8 Å². The Morgan fingerprint density at radius 3 is 2.04 bits per heavy atom. The maximum absolute atomic E-state index is 13.2. The molecule has 0 aromatic heterocycles. The highest BCUT2D eigenvalue weighted by molar-refractivity contribution is 7.85. The maximum atomic E-state index is 13.2. The van der Waals surface area contributed by atoms with Crippen molar-refractivity contribution in [2.45, 2.75) is 54.7 Å². The molecule has 1 aliphatic rings. The number of alkyl halides is 3. The Kier molecular flexibility index (Phi) is 12.6. The lowest BCUT2D eigenvalue weighted by Crippen LogP contribution is -2.68. The molecule has 0 fully saturated rings. The molecule has 254 valence electrons. The van der Waals surface area contributed by atoms with Crippen LogP contribution in [-0.2, 0) is 30.3 Å². The summed E-state index contributed by atoms with van der Waals surface area (Å²) in [6.45, 7) is 6.17. The third kappa shape index (κ3) is 10.6. The summed E-state index contributed by atoms with van der Waals surface area (Å²) in [7, 11) is -7.39. The zero-order valence-electron chi connectivity index (χ0n) is 26.3. The number of rotatable bonds is 12. The second kappa shape index (κ2) is 16.0. The van der Waals surface area contributed by atoms with E-state index in [-0.39, 0.29) is 30.8 Å². The Balaban J connectivity index is 1.61. The van der Waals surface area contributed by atoms with Crippen LogP contribution in [0.25, 0.3) is 0 Å². The quantitative estimate of drug-likeness (QED) is 0.180. The standard InChI is InChI=1S/C32H39Cl3N4O6SSi/c1-31(2,3)47(25-15-9-5-10-16-25,26-17-11-6-12-18-26)45-22-28(38-30(40)43-21-24-13-7-4-8-14-24)27-19-20-36-29(37-27)39-46(41,42)44-23-32(33,34)35/h4-18,27-28H,19-23H2,1-3H3,(H,38,40)(H2,36,37,39)/t27-,28-/m1/s1. The molecule has 0 bridgehead atoms. The molecule has 10 nitrogen and oxygen atoms in total. The largest absolute Gasteiger partial charge is 0.445 e. The molecule has 3 aromatic carbocycles. The molecule has 47 heavy (non-hydrogen) atoms. The number of ether oxygens (including phenoxy) is 1. The van der Waals surface area contributed by atoms with Gasteiger partial charge in [0.25, 0.3) is 8.32 Å². The van der Waals surface area contributed by atoms with Gasteiger partial charge < -0.3 is 19.8 Å². The molecule has 4 rings (SSSR count). The minimum Gasteiger partial charge on any atom is -0.445 e. The van der Waals surface area contributed by atoms with Gasteiger partial charge in [-0.1, -0.05) is 147 Å². The van der Waals surface area contributed by atoms with Gasteiger partial charge in [-0.05, 0) is 27.4 Å². The maximum Gasteiger partial charge on any atom is 0.407 e. The Bertz CT molecular complexity index is 1550. The number of alkyl carbamates (subject to hydrolysis) is 1. The third-order valence-corrected chi connectivity index (χ3v) is 13.7. The third-order valence-electron chi connectivity index (χ3n) is 7.53. The van der Waals surface area contributed by atoms with Crippen LogP contribution in [0.3, 0.4) is 0 Å². The van der Waals surface area contributed by atoms with Crippen molar-refractivity contribution in [3.05, 3.63) is 96.6 Å². The lowest BCUT2D eigenvalue weighted by molar-refractivity contribution is 0.125. The van der Waals surface area contributed by atoms with E-state index in [2.05, 4.69) is 65.4 Å². The number of halogens is 3. The molecule has 2 atom stereocenters. The van der Waals surface area contributed by atoms with Crippen LogP contribution in [0.2, 0.25) is 5.04 Å². The Hall–Kier alpha value is -2.84. The molecule has 0 unspecified atom stereocenters. The highest BCUT2D eigenvalue weighted by atomic mass is 35.6. The number of guanidine groups is 1. The summed E-state index contributed by atoms with van der Waals surface area (Å²) in [5, 5.41) is 7.88. The van der Waals surface area contributed by atoms with Crippen molar-refractivity contribution in [1.82, 2.24) is 15.4 Å². The highest BCUT2D eigenvalue weighted by Gasteiger charge is 2.50. The molecular weight excluding hydrogens is 703 g/mol. The molecule has 3 N–H and O–H groups in total. The van der Waals surface area contributed by atoms with E-state index in [0.717, 1.165) is 15.9 Å². The van der Waals surface area contributed by atoms with E-state index in [1.165, 1.54) is 0 Å². The molecule has 1 heterocycles. The Labute approximate surface area is 292 Å². The number of carbonyl (C=O) groups is 1. The van der Waals surface area contributed by atoms with Crippen molar-refractivity contribution >= 4 is 75.9 Å². The van der Waals surface area contributed by atoms with E-state index in [1.807, 2.05) is 66.7 Å². The van der Waals surface area contributed by atoms with Crippen molar-refractivity contribution in [1.29, 1.82) is 0 Å². The van der Waals surface area contributed by atoms with Gasteiger partial charge in [0.2, 0.25) is 9.75 Å². The van der Waals surface area contributed by atoms with Gasteiger partial charge in [-0.3, -0.25) is 4.99 Å². The lowest BCUT2D eigenvalue weighted by atomic mass is 10.0. The average molecular weight is 742 g/mol. The van der Waals surface area contributed by atoms with Crippen LogP contribution in [0.15, 0.2) is 96.0 Å². The van der Waals surface area contributed by atoms with E-state index >= 15 is 0 Å². The molecule has 1 aliphatic heterocycles. The number of amides is 1. The normalized spacial score (nSPS) is 16.4. The van der Waals surface area contributed by atoms with Crippen molar-refractivity contribution in [2.75, 3.05) is 19.8 Å². The number of aliphatic imine (C=N–C) groups is 1. The number of nitrogens with one attached hydrogen (secondary N) is 3. The van der Waals surface area contributed by atoms with Gasteiger partial charge in [-0.15, -0.1) is 0 Å². The van der Waals surface area contributed by atoms with Gasteiger partial charge in [-0.25, -0.2) is 13.7 Å². The topological polar surface area (TPSA) is 127 Å². The summed E-state index contributed by atoms with van der Waals surface area (Å²) in [5.74, 6) is -0.0829. The van der Waals surface area contributed by atoms with Crippen LogP contribution in [0.5, 0.6) is 0 Å². The first kappa shape index (κ1) is 37.0. The fourth-order valence-electron chi connectivity index (χ4n) is 5.42. The molecule has 15 heteroatoms. The number of benzene rings is 3. The van der Waals surface area contributed by atoms with Gasteiger partial charge >= 0.3 is 16.4 Å². The zero-order chi connectivity index (χ0) is 34.1. The highest BCUT2D eigenvalue weighted by Crippen LogP contribution is 2.37. The lowest BCUT2D eigenvalue weighted by Gasteiger charge is -2.44. The average Bonchev–Trinajstić information content (AvgIpc) is 3.03. The van der Waals surface area contributed by atoms with Crippen LogP contribution in [0, 0.1) is 0 Å². The molecule has 3 aromatic rings. The Morgan fingerprint density at radius 1 is 0.957 bits per heavy atom. The Morgan fingerprint density at radius 2 is 1.51 bits per heavy atom. The fourth-order valence-corrected chi connectivity index (χ4v) is 11.1. The molecule has 0 saturated carbocycles.